The molecule has 5 heteroatoms. The highest BCUT2D eigenvalue weighted by Crippen LogP contribution is 2.37. The minimum absolute atomic E-state index is 0.104. The highest BCUT2D eigenvalue weighted by molar-refractivity contribution is 7.20. The molecule has 3 rings (SSSR count). The third kappa shape index (κ3) is 1.85. The van der Waals surface area contributed by atoms with E-state index in [1.165, 1.54) is 17.6 Å². The molecular weight excluding hydrogens is 291 g/mol. The molecule has 0 saturated carbocycles. The number of benzene rings is 1. The average molecular weight is 297 g/mol. The summed E-state index contributed by atoms with van der Waals surface area (Å²) in [5.41, 5.74) is 1.50. The van der Waals surface area contributed by atoms with E-state index in [-0.39, 0.29) is 5.43 Å². The van der Waals surface area contributed by atoms with Crippen LogP contribution in [0.2, 0.25) is 8.67 Å². The Hall–Kier alpha value is -1.29. The Morgan fingerprint density at radius 2 is 1.89 bits per heavy atom. The molecular formula is C13H6Cl2O2S. The quantitative estimate of drug-likeness (QED) is 0.644. The molecule has 0 saturated heterocycles. The van der Waals surface area contributed by atoms with E-state index < -0.39 is 0 Å². The van der Waals surface area contributed by atoms with Crippen molar-refractivity contribution in [3.63, 3.8) is 0 Å². The Balaban J connectivity index is 2.34. The first-order chi connectivity index (χ1) is 8.66. The van der Waals surface area contributed by atoms with E-state index in [2.05, 4.69) is 0 Å². The Bertz CT molecular complexity index is 789. The summed E-state index contributed by atoms with van der Waals surface area (Å²) < 4.78 is 6.48. The summed E-state index contributed by atoms with van der Waals surface area (Å²) in [7, 11) is 0. The molecule has 0 fully saturated rings. The fourth-order valence-corrected chi connectivity index (χ4v) is 3.28. The van der Waals surface area contributed by atoms with Crippen LogP contribution in [0.15, 0.2) is 45.8 Å². The average Bonchev–Trinajstić information content (AvgIpc) is 2.69. The zero-order valence-corrected chi connectivity index (χ0v) is 11.3. The SMILES string of the molecule is O=c1c(-c2cc(Cl)sc2Cl)coc2ccccc12. The molecule has 18 heavy (non-hydrogen) atoms. The summed E-state index contributed by atoms with van der Waals surface area (Å²) in [6.45, 7) is 0. The summed E-state index contributed by atoms with van der Waals surface area (Å²) in [6.07, 6.45) is 1.43. The molecule has 2 nitrogen and oxygen atoms in total. The lowest BCUT2D eigenvalue weighted by Crippen LogP contribution is -2.04. The van der Waals surface area contributed by atoms with Crippen molar-refractivity contribution in [2.45, 2.75) is 0 Å². The van der Waals surface area contributed by atoms with E-state index in [0.29, 0.717) is 30.8 Å². The van der Waals surface area contributed by atoms with Gasteiger partial charge in [0.05, 0.1) is 15.3 Å². The Kier molecular flexibility index (Phi) is 2.90. The van der Waals surface area contributed by atoms with E-state index in [1.807, 2.05) is 6.07 Å². The predicted octanol–water partition coefficient (Wildman–Crippen LogP) is 4.83. The second-order valence-electron chi connectivity index (χ2n) is 3.71. The van der Waals surface area contributed by atoms with Gasteiger partial charge in [0.2, 0.25) is 5.43 Å². The molecule has 90 valence electrons. The van der Waals surface area contributed by atoms with Crippen LogP contribution in [0.25, 0.3) is 22.1 Å². The lowest BCUT2D eigenvalue weighted by molar-refractivity contribution is 0.604. The van der Waals surface area contributed by atoms with Crippen molar-refractivity contribution in [3.8, 4) is 11.1 Å². The van der Waals surface area contributed by atoms with Gasteiger partial charge in [-0.15, -0.1) is 11.3 Å². The third-order valence-corrected chi connectivity index (χ3v) is 4.11. The highest BCUT2D eigenvalue weighted by atomic mass is 35.5. The van der Waals surface area contributed by atoms with Gasteiger partial charge >= 0.3 is 0 Å². The van der Waals surface area contributed by atoms with Crippen molar-refractivity contribution in [1.82, 2.24) is 0 Å². The molecule has 2 heterocycles. The zero-order valence-electron chi connectivity index (χ0n) is 8.94. The fraction of sp³-hybridized carbons (Fsp3) is 0. The molecule has 3 aromatic rings. The van der Waals surface area contributed by atoms with Gasteiger partial charge < -0.3 is 4.42 Å². The van der Waals surface area contributed by atoms with Gasteiger partial charge in [-0.3, -0.25) is 4.79 Å². The molecule has 1 aromatic carbocycles. The van der Waals surface area contributed by atoms with Crippen LogP contribution in [0.5, 0.6) is 0 Å². The van der Waals surface area contributed by atoms with E-state index in [4.69, 9.17) is 27.6 Å². The molecule has 2 aromatic heterocycles. The molecule has 0 atom stereocenters. The number of fused-ring (bicyclic) bond motifs is 1. The van der Waals surface area contributed by atoms with Crippen LogP contribution < -0.4 is 5.43 Å². The van der Waals surface area contributed by atoms with Gasteiger partial charge in [-0.1, -0.05) is 35.3 Å². The van der Waals surface area contributed by atoms with E-state index in [0.717, 1.165) is 0 Å². The Morgan fingerprint density at radius 3 is 2.61 bits per heavy atom. The van der Waals surface area contributed by atoms with Gasteiger partial charge in [0.25, 0.3) is 0 Å². The van der Waals surface area contributed by atoms with Crippen LogP contribution in [0, 0.1) is 0 Å². The van der Waals surface area contributed by atoms with Crippen LogP contribution in [-0.2, 0) is 0 Å². The van der Waals surface area contributed by atoms with Gasteiger partial charge in [0.1, 0.15) is 16.2 Å². The number of halogens is 2. The molecule has 0 N–H and O–H groups in total. The molecule has 0 aliphatic rings. The van der Waals surface area contributed by atoms with Gasteiger partial charge in [0.15, 0.2) is 0 Å². The van der Waals surface area contributed by atoms with Gasteiger partial charge in [0, 0.05) is 5.56 Å². The minimum atomic E-state index is -0.104. The van der Waals surface area contributed by atoms with Crippen LogP contribution in [0.3, 0.4) is 0 Å². The maximum Gasteiger partial charge on any atom is 0.200 e. The van der Waals surface area contributed by atoms with Crippen molar-refractivity contribution < 1.29 is 4.42 Å². The molecule has 0 bridgehead atoms. The maximum absolute atomic E-state index is 12.3. The van der Waals surface area contributed by atoms with Gasteiger partial charge in [-0.25, -0.2) is 0 Å². The fourth-order valence-electron chi connectivity index (χ4n) is 1.79. The number of para-hydroxylation sites is 1. The largest absolute Gasteiger partial charge is 0.463 e. The van der Waals surface area contributed by atoms with Crippen LogP contribution in [0.4, 0.5) is 0 Å². The molecule has 0 aliphatic heterocycles. The van der Waals surface area contributed by atoms with Gasteiger partial charge in [-0.2, -0.15) is 0 Å². The summed E-state index contributed by atoms with van der Waals surface area (Å²) in [5, 5.41) is 0.536. The standard InChI is InChI=1S/C13H6Cl2O2S/c14-11-5-8(13(15)18-11)9-6-17-10-4-2-1-3-7(10)12(9)16/h1-6H. The minimum Gasteiger partial charge on any atom is -0.463 e. The molecule has 0 aliphatic carbocycles. The summed E-state index contributed by atoms with van der Waals surface area (Å²) in [4.78, 5) is 12.3. The normalized spacial score (nSPS) is 11.0. The van der Waals surface area contributed by atoms with E-state index in [1.54, 1.807) is 24.3 Å². The van der Waals surface area contributed by atoms with Crippen molar-refractivity contribution in [1.29, 1.82) is 0 Å². The molecule has 0 amide bonds. The molecule has 0 unspecified atom stereocenters. The summed E-state index contributed by atoms with van der Waals surface area (Å²) in [5.74, 6) is 0. The molecule has 0 radical (unpaired) electrons. The summed E-state index contributed by atoms with van der Waals surface area (Å²) in [6, 6.07) is 8.77. The monoisotopic (exact) mass is 296 g/mol. The van der Waals surface area contributed by atoms with Gasteiger partial charge in [-0.05, 0) is 18.2 Å². The lowest BCUT2D eigenvalue weighted by atomic mass is 10.1. The number of thiophene rings is 1. The second kappa shape index (κ2) is 4.43. The Morgan fingerprint density at radius 1 is 1.11 bits per heavy atom. The van der Waals surface area contributed by atoms with Crippen LogP contribution >= 0.6 is 34.5 Å². The first-order valence-corrected chi connectivity index (χ1v) is 6.70. The summed E-state index contributed by atoms with van der Waals surface area (Å²) >= 11 is 13.2. The number of hydrogen-bond acceptors (Lipinski definition) is 3. The number of rotatable bonds is 1. The maximum atomic E-state index is 12.3. The Labute approximate surface area is 116 Å². The lowest BCUT2D eigenvalue weighted by Gasteiger charge is -2.00. The van der Waals surface area contributed by atoms with Crippen molar-refractivity contribution in [3.05, 3.63) is 55.5 Å². The first kappa shape index (κ1) is 11.8. The highest BCUT2D eigenvalue weighted by Gasteiger charge is 2.14. The van der Waals surface area contributed by atoms with Crippen LogP contribution in [-0.4, -0.2) is 0 Å². The third-order valence-electron chi connectivity index (χ3n) is 2.63. The number of hydrogen-bond donors (Lipinski definition) is 0. The second-order valence-corrected chi connectivity index (χ2v) is 6.00. The van der Waals surface area contributed by atoms with Crippen molar-refractivity contribution in [2.24, 2.45) is 0 Å². The van der Waals surface area contributed by atoms with Crippen molar-refractivity contribution in [2.75, 3.05) is 0 Å². The van der Waals surface area contributed by atoms with Crippen molar-refractivity contribution >= 4 is 45.5 Å². The first-order valence-electron chi connectivity index (χ1n) is 5.12. The topological polar surface area (TPSA) is 30.2 Å². The zero-order chi connectivity index (χ0) is 12.7. The molecule has 0 spiro atoms. The van der Waals surface area contributed by atoms with Crippen LogP contribution in [0.1, 0.15) is 0 Å². The smallest absolute Gasteiger partial charge is 0.200 e. The van der Waals surface area contributed by atoms with E-state index >= 15 is 0 Å². The van der Waals surface area contributed by atoms with E-state index in [9.17, 15) is 4.79 Å². The predicted molar refractivity (Wildman–Crippen MR) is 75.8 cm³/mol.